The lowest BCUT2D eigenvalue weighted by molar-refractivity contribution is 0.213. The lowest BCUT2D eigenvalue weighted by Crippen LogP contribution is -2.48. The third-order valence-corrected chi connectivity index (χ3v) is 4.87. The second kappa shape index (κ2) is 5.90. The van der Waals surface area contributed by atoms with Crippen LogP contribution in [0.5, 0.6) is 0 Å². The molecule has 22 heavy (non-hydrogen) atoms. The van der Waals surface area contributed by atoms with Crippen molar-refractivity contribution in [1.29, 1.82) is 0 Å². The van der Waals surface area contributed by atoms with E-state index in [1.165, 1.54) is 11.1 Å². The average Bonchev–Trinajstić information content (AvgIpc) is 2.80. The zero-order valence-corrected chi connectivity index (χ0v) is 13.6. The highest BCUT2D eigenvalue weighted by atomic mass is 16.2. The van der Waals surface area contributed by atoms with E-state index in [9.17, 15) is 5.02 Å². The highest BCUT2D eigenvalue weighted by Crippen LogP contribution is 2.51. The third-order valence-electron chi connectivity index (χ3n) is 4.87. The van der Waals surface area contributed by atoms with E-state index in [1.54, 1.807) is 0 Å². The van der Waals surface area contributed by atoms with Crippen LogP contribution < -0.4 is 0 Å². The summed E-state index contributed by atoms with van der Waals surface area (Å²) in [6, 6.07) is 21.5. The molecule has 1 N–H and O–H groups in total. The van der Waals surface area contributed by atoms with Crippen molar-refractivity contribution < 1.29 is 5.02 Å². The minimum Gasteiger partial charge on any atom is -0.437 e. The Morgan fingerprint density at radius 1 is 0.955 bits per heavy atom. The Hall–Kier alpha value is -1.58. The molecule has 3 rings (SSSR count). The molecule has 1 aliphatic heterocycles. The molecule has 0 unspecified atom stereocenters. The summed E-state index contributed by atoms with van der Waals surface area (Å²) in [4.78, 5) is 2.26. The van der Waals surface area contributed by atoms with Gasteiger partial charge in [0.25, 0.3) is 0 Å². The van der Waals surface area contributed by atoms with Crippen LogP contribution in [0.25, 0.3) is 0 Å². The first kappa shape index (κ1) is 15.3. The van der Waals surface area contributed by atoms with Crippen molar-refractivity contribution in [2.24, 2.45) is 0 Å². The van der Waals surface area contributed by atoms with Crippen LogP contribution in [0.2, 0.25) is 6.82 Å². The second-order valence-corrected chi connectivity index (χ2v) is 6.93. The molecular weight excluding hydrogens is 269 g/mol. The van der Waals surface area contributed by atoms with Gasteiger partial charge in [-0.25, -0.2) is 0 Å². The van der Waals surface area contributed by atoms with Crippen molar-refractivity contribution in [1.82, 2.24) is 4.81 Å². The van der Waals surface area contributed by atoms with Gasteiger partial charge in [0.1, 0.15) is 0 Å². The van der Waals surface area contributed by atoms with Crippen LogP contribution in [0.3, 0.4) is 0 Å². The maximum Gasteiger partial charge on any atom is 0.377 e. The summed E-state index contributed by atoms with van der Waals surface area (Å²) in [6.45, 7) is 6.35. The zero-order chi connectivity index (χ0) is 15.7. The van der Waals surface area contributed by atoms with Crippen LogP contribution in [0.1, 0.15) is 43.4 Å². The summed E-state index contributed by atoms with van der Waals surface area (Å²) in [5.41, 5.74) is 2.60. The van der Waals surface area contributed by atoms with Gasteiger partial charge in [-0.15, -0.1) is 0 Å². The molecule has 0 aliphatic carbocycles. The summed E-state index contributed by atoms with van der Waals surface area (Å²) in [5, 5.41) is 10.4. The number of hydrogen-bond acceptors (Lipinski definition) is 2. The lowest BCUT2D eigenvalue weighted by Gasteiger charge is -2.37. The molecule has 1 aliphatic rings. The van der Waals surface area contributed by atoms with Gasteiger partial charge >= 0.3 is 7.05 Å². The molecule has 2 atom stereocenters. The Morgan fingerprint density at radius 3 is 1.95 bits per heavy atom. The van der Waals surface area contributed by atoms with Gasteiger partial charge in [-0.2, -0.15) is 0 Å². The van der Waals surface area contributed by atoms with Gasteiger partial charge in [0.15, 0.2) is 0 Å². The molecule has 1 saturated heterocycles. The van der Waals surface area contributed by atoms with Crippen LogP contribution in [-0.4, -0.2) is 22.4 Å². The van der Waals surface area contributed by atoms with Crippen molar-refractivity contribution in [3.63, 3.8) is 0 Å². The summed E-state index contributed by atoms with van der Waals surface area (Å²) in [7, 11) is -0.464. The van der Waals surface area contributed by atoms with E-state index in [-0.39, 0.29) is 11.6 Å². The van der Waals surface area contributed by atoms with E-state index in [4.69, 9.17) is 0 Å². The molecule has 0 bridgehead atoms. The molecule has 2 nitrogen and oxygen atoms in total. The van der Waals surface area contributed by atoms with Crippen LogP contribution in [0, 0.1) is 0 Å². The number of benzene rings is 2. The van der Waals surface area contributed by atoms with E-state index in [2.05, 4.69) is 73.3 Å². The molecular formula is C19H24BNO. The molecule has 3 heteroatoms. The van der Waals surface area contributed by atoms with E-state index in [0.717, 1.165) is 6.42 Å². The number of nitrogens with zero attached hydrogens (tertiary/aromatic N) is 1. The van der Waals surface area contributed by atoms with E-state index in [0.29, 0.717) is 5.92 Å². The Balaban J connectivity index is 2.09. The normalized spacial score (nSPS) is 24.4. The monoisotopic (exact) mass is 293 g/mol. The molecule has 0 aromatic heterocycles. The van der Waals surface area contributed by atoms with Crippen LogP contribution in [0.4, 0.5) is 0 Å². The van der Waals surface area contributed by atoms with E-state index < -0.39 is 7.05 Å². The Kier molecular flexibility index (Phi) is 4.11. The van der Waals surface area contributed by atoms with Gasteiger partial charge in [-0.05, 0) is 38.2 Å². The first-order chi connectivity index (χ1) is 10.5. The molecule has 0 radical (unpaired) electrons. The number of hydrogen-bond donors (Lipinski definition) is 1. The van der Waals surface area contributed by atoms with Crippen LogP contribution >= 0.6 is 0 Å². The quantitative estimate of drug-likeness (QED) is 0.861. The number of rotatable bonds is 3. The van der Waals surface area contributed by atoms with E-state index in [1.807, 2.05) is 12.9 Å². The standard InChI is InChI=1S/C19H24BNO/c1-19(2)14-17(15-10-6-4-7-11-15)18(21(19)20(3)22)16-12-8-5-9-13-16/h4-13,17-18,22H,14H2,1-3H3/t17-,18-/m0/s1. The first-order valence-corrected chi connectivity index (χ1v) is 8.07. The van der Waals surface area contributed by atoms with Crippen molar-refractivity contribution in [2.45, 2.75) is 44.6 Å². The molecule has 0 amide bonds. The SMILES string of the molecule is CB(O)N1[C@@H](c2ccccc2)[C@H](c2ccccc2)CC1(C)C. The van der Waals surface area contributed by atoms with Crippen molar-refractivity contribution in [3.05, 3.63) is 71.8 Å². The Bertz CT molecular complexity index is 612. The predicted octanol–water partition coefficient (Wildman–Crippen LogP) is 4.11. The summed E-state index contributed by atoms with van der Waals surface area (Å²) in [6.07, 6.45) is 1.04. The van der Waals surface area contributed by atoms with Crippen LogP contribution in [-0.2, 0) is 0 Å². The van der Waals surface area contributed by atoms with Gasteiger partial charge in [0.05, 0.1) is 0 Å². The summed E-state index contributed by atoms with van der Waals surface area (Å²) >= 11 is 0. The summed E-state index contributed by atoms with van der Waals surface area (Å²) in [5.74, 6) is 0.396. The van der Waals surface area contributed by atoms with Crippen LogP contribution in [0.15, 0.2) is 60.7 Å². The minimum atomic E-state index is -0.464. The van der Waals surface area contributed by atoms with Crippen molar-refractivity contribution >= 4 is 7.05 Å². The van der Waals surface area contributed by atoms with Gasteiger partial charge in [-0.1, -0.05) is 60.7 Å². The average molecular weight is 293 g/mol. The summed E-state index contributed by atoms with van der Waals surface area (Å²) < 4.78 is 0. The first-order valence-electron chi connectivity index (χ1n) is 8.07. The topological polar surface area (TPSA) is 23.5 Å². The molecule has 1 fully saturated rings. The fourth-order valence-electron chi connectivity index (χ4n) is 4.11. The molecule has 1 heterocycles. The Labute approximate surface area is 133 Å². The molecule has 0 spiro atoms. The lowest BCUT2D eigenvalue weighted by atomic mass is 9.78. The van der Waals surface area contributed by atoms with Gasteiger partial charge in [0, 0.05) is 17.5 Å². The predicted molar refractivity (Wildman–Crippen MR) is 92.7 cm³/mol. The molecule has 2 aromatic carbocycles. The third kappa shape index (κ3) is 2.71. The van der Waals surface area contributed by atoms with Gasteiger partial charge < -0.3 is 9.83 Å². The maximum absolute atomic E-state index is 10.4. The highest BCUT2D eigenvalue weighted by Gasteiger charge is 2.49. The fraction of sp³-hybridized carbons (Fsp3) is 0.368. The minimum absolute atomic E-state index is 0.0326. The van der Waals surface area contributed by atoms with E-state index >= 15 is 0 Å². The fourth-order valence-corrected chi connectivity index (χ4v) is 4.11. The maximum atomic E-state index is 10.4. The molecule has 114 valence electrons. The smallest absolute Gasteiger partial charge is 0.377 e. The second-order valence-electron chi connectivity index (χ2n) is 6.93. The Morgan fingerprint density at radius 2 is 1.45 bits per heavy atom. The molecule has 2 aromatic rings. The molecule has 0 saturated carbocycles. The zero-order valence-electron chi connectivity index (χ0n) is 13.6. The van der Waals surface area contributed by atoms with Crippen molar-refractivity contribution in [2.75, 3.05) is 0 Å². The van der Waals surface area contributed by atoms with Crippen molar-refractivity contribution in [3.8, 4) is 0 Å². The van der Waals surface area contributed by atoms with Gasteiger partial charge in [-0.3, -0.25) is 0 Å². The highest BCUT2D eigenvalue weighted by molar-refractivity contribution is 6.45. The van der Waals surface area contributed by atoms with Gasteiger partial charge in [0.2, 0.25) is 0 Å². The largest absolute Gasteiger partial charge is 0.437 e.